The molecular weight excluding hydrogens is 474 g/mol. The first-order valence-corrected chi connectivity index (χ1v) is 11.2. The molecule has 0 fully saturated rings. The van der Waals surface area contributed by atoms with Crippen LogP contribution in [-0.2, 0) is 7.05 Å². The molecule has 0 atom stereocenters. The monoisotopic (exact) mass is 492 g/mol. The van der Waals surface area contributed by atoms with Crippen LogP contribution in [-0.4, -0.2) is 27.5 Å². The van der Waals surface area contributed by atoms with E-state index >= 15 is 17.6 Å². The number of halogens is 6. The van der Waals surface area contributed by atoms with Crippen molar-refractivity contribution in [1.29, 1.82) is 0 Å². The molecule has 0 bridgehead atoms. The van der Waals surface area contributed by atoms with E-state index in [1.807, 2.05) is 0 Å². The number of thiophene rings is 1. The second kappa shape index (κ2) is 7.21. The number of benzene rings is 2. The number of fused-ring (bicyclic) bond motifs is 1. The van der Waals surface area contributed by atoms with Crippen LogP contribution in [0.15, 0.2) is 54.7 Å². The first-order chi connectivity index (χ1) is 15.9. The number of hydrogen-bond donors (Lipinski definition) is 0. The van der Waals surface area contributed by atoms with Gasteiger partial charge < -0.3 is 0 Å². The molecule has 0 radical (unpaired) electrons. The maximum Gasteiger partial charge on any atom is 0.380 e. The minimum Gasteiger partial charge on any atom is -0.268 e. The van der Waals surface area contributed by atoms with Crippen LogP contribution < -0.4 is 0 Å². The van der Waals surface area contributed by atoms with Gasteiger partial charge in [-0.1, -0.05) is 36.4 Å². The van der Waals surface area contributed by atoms with Crippen LogP contribution in [0.4, 0.5) is 26.3 Å². The fourth-order valence-corrected chi connectivity index (χ4v) is 5.58. The summed E-state index contributed by atoms with van der Waals surface area (Å²) in [6.45, 7) is 2.92. The molecule has 1 aliphatic rings. The molecule has 0 spiro atoms. The third-order valence-electron chi connectivity index (χ3n) is 6.38. The molecule has 5 rings (SSSR count). The molecule has 34 heavy (non-hydrogen) atoms. The largest absolute Gasteiger partial charge is 0.380 e. The average molecular weight is 492 g/mol. The summed E-state index contributed by atoms with van der Waals surface area (Å²) in [5, 5.41) is 4.49. The Morgan fingerprint density at radius 2 is 1.44 bits per heavy atom. The van der Waals surface area contributed by atoms with Crippen LogP contribution in [0, 0.1) is 13.8 Å². The Hall–Kier alpha value is -3.07. The van der Waals surface area contributed by atoms with Gasteiger partial charge in [-0.3, -0.25) is 4.68 Å². The summed E-state index contributed by atoms with van der Waals surface area (Å²) in [6.07, 6.45) is 1.40. The van der Waals surface area contributed by atoms with Crippen LogP contribution in [0.3, 0.4) is 0 Å². The summed E-state index contributed by atoms with van der Waals surface area (Å²) in [5.41, 5.74) is -1.88. The van der Waals surface area contributed by atoms with Crippen molar-refractivity contribution in [2.45, 2.75) is 31.6 Å². The van der Waals surface area contributed by atoms with Crippen LogP contribution in [0.25, 0.3) is 32.5 Å². The van der Waals surface area contributed by atoms with Gasteiger partial charge in [0, 0.05) is 33.3 Å². The molecule has 0 N–H and O–H groups in total. The van der Waals surface area contributed by atoms with E-state index in [0.717, 1.165) is 11.3 Å². The molecule has 2 nitrogen and oxygen atoms in total. The summed E-state index contributed by atoms with van der Waals surface area (Å²) in [5.74, 6) is -15.8. The standard InChI is InChI=1S/C25H18F6N2S/c1-13-16(9-10-19-18(13)12-32-33(19)3)21-22(24(28,29)25(30,31)23(21,26)27)17-11-20(34-14(17)2)15-7-5-4-6-8-15/h4-12H,1-3H3. The smallest absolute Gasteiger partial charge is 0.268 e. The lowest BCUT2D eigenvalue weighted by Crippen LogP contribution is -2.49. The Morgan fingerprint density at radius 1 is 0.824 bits per heavy atom. The molecular formula is C25H18F6N2S. The second-order valence-electron chi connectivity index (χ2n) is 8.36. The number of aryl methyl sites for hydroxylation is 3. The topological polar surface area (TPSA) is 17.8 Å². The number of rotatable bonds is 3. The van der Waals surface area contributed by atoms with E-state index < -0.39 is 28.9 Å². The maximum atomic E-state index is 15.2. The molecule has 0 aliphatic heterocycles. The zero-order valence-electron chi connectivity index (χ0n) is 18.3. The highest BCUT2D eigenvalue weighted by Crippen LogP contribution is 2.65. The zero-order chi connectivity index (χ0) is 24.6. The fourth-order valence-electron chi connectivity index (χ4n) is 4.54. The van der Waals surface area contributed by atoms with E-state index in [1.165, 1.54) is 42.9 Å². The van der Waals surface area contributed by atoms with E-state index in [0.29, 0.717) is 21.3 Å². The summed E-state index contributed by atoms with van der Waals surface area (Å²) >= 11 is 1.09. The fraction of sp³-hybridized carbons (Fsp3) is 0.240. The molecule has 0 amide bonds. The Morgan fingerprint density at radius 3 is 2.09 bits per heavy atom. The van der Waals surface area contributed by atoms with Crippen molar-refractivity contribution in [3.63, 3.8) is 0 Å². The minimum atomic E-state index is -5.59. The van der Waals surface area contributed by atoms with Crippen LogP contribution in [0.1, 0.15) is 21.6 Å². The van der Waals surface area contributed by atoms with Crippen LogP contribution in [0.5, 0.6) is 0 Å². The summed E-state index contributed by atoms with van der Waals surface area (Å²) in [4.78, 5) is 0.772. The third-order valence-corrected chi connectivity index (χ3v) is 7.48. The molecule has 1 aliphatic carbocycles. The van der Waals surface area contributed by atoms with Crippen molar-refractivity contribution < 1.29 is 26.3 Å². The predicted molar refractivity (Wildman–Crippen MR) is 122 cm³/mol. The van der Waals surface area contributed by atoms with Crippen molar-refractivity contribution in [3.05, 3.63) is 76.3 Å². The van der Waals surface area contributed by atoms with Crippen molar-refractivity contribution in [1.82, 2.24) is 9.78 Å². The van der Waals surface area contributed by atoms with Gasteiger partial charge in [-0.25, -0.2) is 0 Å². The van der Waals surface area contributed by atoms with Gasteiger partial charge in [0.2, 0.25) is 0 Å². The van der Waals surface area contributed by atoms with Gasteiger partial charge in [0.1, 0.15) is 0 Å². The quantitative estimate of drug-likeness (QED) is 0.268. The number of alkyl halides is 6. The third kappa shape index (κ3) is 2.85. The minimum absolute atomic E-state index is 0.183. The van der Waals surface area contributed by atoms with E-state index in [-0.39, 0.29) is 21.6 Å². The number of allylic oxidation sites excluding steroid dienone is 2. The van der Waals surface area contributed by atoms with Crippen molar-refractivity contribution >= 4 is 33.4 Å². The van der Waals surface area contributed by atoms with Gasteiger partial charge in [0.05, 0.1) is 11.7 Å². The molecule has 4 aromatic rings. The molecule has 2 aromatic carbocycles. The summed E-state index contributed by atoms with van der Waals surface area (Å²) < 4.78 is 91.9. The SMILES string of the molecule is Cc1sc(-c2ccccc2)cc1C1=C(c2ccc3c(cnn3C)c2C)C(F)(F)C(F)(F)C1(F)F. The number of hydrogen-bond acceptors (Lipinski definition) is 2. The van der Waals surface area contributed by atoms with Crippen LogP contribution in [0.2, 0.25) is 0 Å². The van der Waals surface area contributed by atoms with E-state index in [9.17, 15) is 8.78 Å². The van der Waals surface area contributed by atoms with Gasteiger partial charge >= 0.3 is 17.8 Å². The molecule has 176 valence electrons. The Bertz CT molecular complexity index is 1460. The highest BCUT2D eigenvalue weighted by molar-refractivity contribution is 7.15. The molecule has 0 saturated carbocycles. The van der Waals surface area contributed by atoms with E-state index in [1.54, 1.807) is 37.4 Å². The second-order valence-corrected chi connectivity index (χ2v) is 9.62. The summed E-state index contributed by atoms with van der Waals surface area (Å²) in [6, 6.07) is 12.7. The van der Waals surface area contributed by atoms with Gasteiger partial charge in [-0.2, -0.15) is 31.4 Å². The van der Waals surface area contributed by atoms with Crippen molar-refractivity contribution in [2.24, 2.45) is 7.05 Å². The lowest BCUT2D eigenvalue weighted by molar-refractivity contribution is -0.254. The Balaban J connectivity index is 1.85. The van der Waals surface area contributed by atoms with E-state index in [4.69, 9.17) is 0 Å². The lowest BCUT2D eigenvalue weighted by Gasteiger charge is -2.26. The van der Waals surface area contributed by atoms with Gasteiger partial charge in [0.15, 0.2) is 0 Å². The highest BCUT2D eigenvalue weighted by Gasteiger charge is 2.80. The average Bonchev–Trinajstić information content (AvgIpc) is 3.38. The van der Waals surface area contributed by atoms with Crippen molar-refractivity contribution in [3.8, 4) is 10.4 Å². The molecule has 0 unspecified atom stereocenters. The first kappa shape index (κ1) is 22.7. The van der Waals surface area contributed by atoms with Gasteiger partial charge in [-0.05, 0) is 48.2 Å². The number of aromatic nitrogens is 2. The van der Waals surface area contributed by atoms with Gasteiger partial charge in [0.25, 0.3) is 0 Å². The molecule has 2 heterocycles. The Kier molecular flexibility index (Phi) is 4.82. The predicted octanol–water partition coefficient (Wildman–Crippen LogP) is 7.75. The van der Waals surface area contributed by atoms with Gasteiger partial charge in [-0.15, -0.1) is 11.3 Å². The zero-order valence-corrected chi connectivity index (χ0v) is 19.1. The van der Waals surface area contributed by atoms with Crippen molar-refractivity contribution in [2.75, 3.05) is 0 Å². The molecule has 2 aromatic heterocycles. The molecule has 0 saturated heterocycles. The van der Waals surface area contributed by atoms with Crippen LogP contribution >= 0.6 is 11.3 Å². The first-order valence-electron chi connectivity index (χ1n) is 10.4. The number of nitrogens with zero attached hydrogens (tertiary/aromatic N) is 2. The highest BCUT2D eigenvalue weighted by atomic mass is 32.1. The lowest BCUT2D eigenvalue weighted by atomic mass is 9.91. The Labute approximate surface area is 195 Å². The summed E-state index contributed by atoms with van der Waals surface area (Å²) in [7, 11) is 1.64. The van der Waals surface area contributed by atoms with E-state index in [2.05, 4.69) is 5.10 Å². The maximum absolute atomic E-state index is 15.2. The normalized spacial score (nSPS) is 18.7. The molecule has 9 heteroatoms.